The standard InChI is InChI=1S/C16H23ClN2O3/c1-11(2)9-12(7-8-20)10-18-15(21)16(22)19-14-5-3-13(17)4-6-14/h3-6,11-12,20H,7-10H2,1-2H3,(H,18,21)(H,19,22). The van der Waals surface area contributed by atoms with Gasteiger partial charge in [0.15, 0.2) is 0 Å². The molecule has 0 spiro atoms. The maximum Gasteiger partial charge on any atom is 0.313 e. The van der Waals surface area contributed by atoms with E-state index in [1.54, 1.807) is 24.3 Å². The molecule has 1 aromatic rings. The molecule has 0 aliphatic heterocycles. The first-order valence-corrected chi connectivity index (χ1v) is 7.75. The molecule has 1 atom stereocenters. The van der Waals surface area contributed by atoms with Crippen molar-refractivity contribution in [3.8, 4) is 0 Å². The number of hydrogen-bond donors (Lipinski definition) is 3. The van der Waals surface area contributed by atoms with Crippen LogP contribution in [-0.2, 0) is 9.59 Å². The molecule has 3 N–H and O–H groups in total. The lowest BCUT2D eigenvalue weighted by atomic mass is 9.94. The third-order valence-electron chi connectivity index (χ3n) is 3.20. The van der Waals surface area contributed by atoms with Crippen molar-refractivity contribution in [3.05, 3.63) is 29.3 Å². The zero-order valence-electron chi connectivity index (χ0n) is 12.9. The summed E-state index contributed by atoms with van der Waals surface area (Å²) in [6.07, 6.45) is 1.50. The maximum atomic E-state index is 11.8. The molecule has 0 heterocycles. The average molecular weight is 327 g/mol. The van der Waals surface area contributed by atoms with Crippen LogP contribution >= 0.6 is 11.6 Å². The minimum atomic E-state index is -0.713. The molecule has 2 amide bonds. The average Bonchev–Trinajstić information content (AvgIpc) is 2.46. The number of carbonyl (C=O) groups excluding carboxylic acids is 2. The van der Waals surface area contributed by atoms with Crippen LogP contribution in [0.4, 0.5) is 5.69 Å². The van der Waals surface area contributed by atoms with Crippen LogP contribution in [0.5, 0.6) is 0 Å². The summed E-state index contributed by atoms with van der Waals surface area (Å²) >= 11 is 5.75. The van der Waals surface area contributed by atoms with E-state index in [1.807, 2.05) is 0 Å². The fourth-order valence-corrected chi connectivity index (χ4v) is 2.32. The van der Waals surface area contributed by atoms with Gasteiger partial charge in [0, 0.05) is 23.9 Å². The summed E-state index contributed by atoms with van der Waals surface area (Å²) in [5.74, 6) is -0.759. The Morgan fingerprint density at radius 1 is 1.18 bits per heavy atom. The summed E-state index contributed by atoms with van der Waals surface area (Å²) in [5.41, 5.74) is 0.513. The molecule has 1 aromatic carbocycles. The van der Waals surface area contributed by atoms with Crippen LogP contribution in [-0.4, -0.2) is 30.1 Å². The molecule has 0 aromatic heterocycles. The number of aliphatic hydroxyl groups is 1. The largest absolute Gasteiger partial charge is 0.396 e. The van der Waals surface area contributed by atoms with Crippen molar-refractivity contribution in [1.29, 1.82) is 0 Å². The lowest BCUT2D eigenvalue weighted by molar-refractivity contribution is -0.136. The van der Waals surface area contributed by atoms with Crippen LogP contribution in [0.3, 0.4) is 0 Å². The monoisotopic (exact) mass is 326 g/mol. The highest BCUT2D eigenvalue weighted by Crippen LogP contribution is 2.15. The topological polar surface area (TPSA) is 78.4 Å². The van der Waals surface area contributed by atoms with Crippen molar-refractivity contribution in [3.63, 3.8) is 0 Å². The fourth-order valence-electron chi connectivity index (χ4n) is 2.19. The molecular formula is C16H23ClN2O3. The predicted molar refractivity (Wildman–Crippen MR) is 87.7 cm³/mol. The van der Waals surface area contributed by atoms with Gasteiger partial charge < -0.3 is 15.7 Å². The highest BCUT2D eigenvalue weighted by atomic mass is 35.5. The fraction of sp³-hybridized carbons (Fsp3) is 0.500. The number of nitrogens with one attached hydrogen (secondary N) is 2. The molecule has 0 aliphatic carbocycles. The van der Waals surface area contributed by atoms with Gasteiger partial charge in [-0.1, -0.05) is 25.4 Å². The summed E-state index contributed by atoms with van der Waals surface area (Å²) in [6.45, 7) is 4.62. The molecule has 0 radical (unpaired) electrons. The van der Waals surface area contributed by atoms with E-state index < -0.39 is 11.8 Å². The summed E-state index contributed by atoms with van der Waals surface area (Å²) in [7, 11) is 0. The summed E-state index contributed by atoms with van der Waals surface area (Å²) < 4.78 is 0. The summed E-state index contributed by atoms with van der Waals surface area (Å²) in [4.78, 5) is 23.6. The number of benzene rings is 1. The Kier molecular flexibility index (Phi) is 7.91. The van der Waals surface area contributed by atoms with Gasteiger partial charge in [-0.2, -0.15) is 0 Å². The molecule has 0 fully saturated rings. The Bertz CT molecular complexity index is 489. The third kappa shape index (κ3) is 6.91. The highest BCUT2D eigenvalue weighted by molar-refractivity contribution is 6.39. The number of rotatable bonds is 7. The van der Waals surface area contributed by atoms with E-state index in [4.69, 9.17) is 16.7 Å². The summed E-state index contributed by atoms with van der Waals surface area (Å²) in [5, 5.41) is 14.7. The molecule has 0 saturated carbocycles. The van der Waals surface area contributed by atoms with Crippen molar-refractivity contribution >= 4 is 29.1 Å². The first kappa shape index (κ1) is 18.5. The van der Waals surface area contributed by atoms with Gasteiger partial charge in [0.1, 0.15) is 0 Å². The van der Waals surface area contributed by atoms with Crippen molar-refractivity contribution in [2.24, 2.45) is 11.8 Å². The Morgan fingerprint density at radius 3 is 2.36 bits per heavy atom. The number of aliphatic hydroxyl groups excluding tert-OH is 1. The van der Waals surface area contributed by atoms with Gasteiger partial charge >= 0.3 is 11.8 Å². The Balaban J connectivity index is 2.45. The van der Waals surface area contributed by atoms with E-state index in [1.165, 1.54) is 0 Å². The normalized spacial score (nSPS) is 12.0. The van der Waals surface area contributed by atoms with E-state index in [0.717, 1.165) is 6.42 Å². The first-order valence-electron chi connectivity index (χ1n) is 7.38. The molecule has 0 saturated heterocycles. The second-order valence-corrected chi connectivity index (χ2v) is 6.12. The van der Waals surface area contributed by atoms with Crippen molar-refractivity contribution < 1.29 is 14.7 Å². The number of halogens is 1. The lowest BCUT2D eigenvalue weighted by Crippen LogP contribution is -2.38. The van der Waals surface area contributed by atoms with Crippen LogP contribution < -0.4 is 10.6 Å². The molecule has 22 heavy (non-hydrogen) atoms. The minimum Gasteiger partial charge on any atom is -0.396 e. The Hall–Kier alpha value is -1.59. The van der Waals surface area contributed by atoms with Crippen LogP contribution in [0.25, 0.3) is 0 Å². The molecule has 0 aliphatic rings. The zero-order chi connectivity index (χ0) is 16.5. The molecule has 5 nitrogen and oxygen atoms in total. The Morgan fingerprint density at radius 2 is 1.82 bits per heavy atom. The van der Waals surface area contributed by atoms with E-state index >= 15 is 0 Å². The molecule has 0 bridgehead atoms. The lowest BCUT2D eigenvalue weighted by Gasteiger charge is -2.18. The van der Waals surface area contributed by atoms with Crippen molar-refractivity contribution in [2.45, 2.75) is 26.7 Å². The highest BCUT2D eigenvalue weighted by Gasteiger charge is 2.17. The van der Waals surface area contributed by atoms with Gasteiger partial charge in [-0.3, -0.25) is 9.59 Å². The van der Waals surface area contributed by atoms with Crippen molar-refractivity contribution in [1.82, 2.24) is 5.32 Å². The first-order chi connectivity index (χ1) is 10.4. The van der Waals surface area contributed by atoms with Crippen LogP contribution in [0.2, 0.25) is 5.02 Å². The molecule has 1 rings (SSSR count). The van der Waals surface area contributed by atoms with Gasteiger partial charge in [-0.25, -0.2) is 0 Å². The molecule has 1 unspecified atom stereocenters. The molecular weight excluding hydrogens is 304 g/mol. The molecule has 6 heteroatoms. The SMILES string of the molecule is CC(C)CC(CCO)CNC(=O)C(=O)Nc1ccc(Cl)cc1. The van der Waals surface area contributed by atoms with Gasteiger partial charge in [0.05, 0.1) is 0 Å². The Labute approximate surface area is 136 Å². The third-order valence-corrected chi connectivity index (χ3v) is 3.45. The van der Waals surface area contributed by atoms with Gasteiger partial charge in [0.25, 0.3) is 0 Å². The van der Waals surface area contributed by atoms with Crippen LogP contribution in [0.15, 0.2) is 24.3 Å². The number of carbonyl (C=O) groups is 2. The van der Waals surface area contributed by atoms with Gasteiger partial charge in [0.2, 0.25) is 0 Å². The molecule has 122 valence electrons. The summed E-state index contributed by atoms with van der Waals surface area (Å²) in [6, 6.07) is 6.52. The quantitative estimate of drug-likeness (QED) is 0.673. The number of anilines is 1. The maximum absolute atomic E-state index is 11.8. The van der Waals surface area contributed by atoms with Gasteiger partial charge in [-0.15, -0.1) is 0 Å². The second kappa shape index (κ2) is 9.43. The van der Waals surface area contributed by atoms with Crippen LogP contribution in [0.1, 0.15) is 26.7 Å². The van der Waals surface area contributed by atoms with Crippen LogP contribution in [0, 0.1) is 11.8 Å². The smallest absolute Gasteiger partial charge is 0.313 e. The predicted octanol–water partition coefficient (Wildman–Crippen LogP) is 2.44. The van der Waals surface area contributed by atoms with Crippen molar-refractivity contribution in [2.75, 3.05) is 18.5 Å². The zero-order valence-corrected chi connectivity index (χ0v) is 13.7. The van der Waals surface area contributed by atoms with E-state index in [-0.39, 0.29) is 12.5 Å². The van der Waals surface area contributed by atoms with E-state index in [9.17, 15) is 9.59 Å². The number of amides is 2. The second-order valence-electron chi connectivity index (χ2n) is 5.68. The van der Waals surface area contributed by atoms with Gasteiger partial charge in [-0.05, 0) is 48.9 Å². The number of hydrogen-bond acceptors (Lipinski definition) is 3. The van der Waals surface area contributed by atoms with E-state index in [0.29, 0.717) is 29.6 Å². The van der Waals surface area contributed by atoms with E-state index in [2.05, 4.69) is 24.5 Å². The minimum absolute atomic E-state index is 0.0736.